The minimum atomic E-state index is -0.692. The Kier molecular flexibility index (Phi) is 3.69. The highest BCUT2D eigenvalue weighted by atomic mass is 35.5. The molecule has 1 spiro atoms. The molecule has 2 aliphatic heterocycles. The highest BCUT2D eigenvalue weighted by molar-refractivity contribution is 6.31. The van der Waals surface area contributed by atoms with Gasteiger partial charge in [-0.3, -0.25) is 4.79 Å². The van der Waals surface area contributed by atoms with E-state index in [9.17, 15) is 9.90 Å². The molecule has 0 radical (unpaired) electrons. The Morgan fingerprint density at radius 3 is 2.59 bits per heavy atom. The van der Waals surface area contributed by atoms with E-state index < -0.39 is 5.54 Å². The molecule has 2 unspecified atom stereocenters. The van der Waals surface area contributed by atoms with Crippen LogP contribution < -0.4 is 5.32 Å². The molecule has 0 aliphatic carbocycles. The number of ether oxygens (including phenoxy) is 1. The molecule has 4 nitrogen and oxygen atoms in total. The van der Waals surface area contributed by atoms with Gasteiger partial charge in [-0.05, 0) is 49.6 Å². The van der Waals surface area contributed by atoms with Crippen LogP contribution in [0.3, 0.4) is 0 Å². The van der Waals surface area contributed by atoms with Gasteiger partial charge in [-0.2, -0.15) is 0 Å². The van der Waals surface area contributed by atoms with Crippen LogP contribution in [-0.2, 0) is 9.53 Å². The van der Waals surface area contributed by atoms with Gasteiger partial charge in [-0.15, -0.1) is 0 Å². The molecule has 5 heteroatoms. The van der Waals surface area contributed by atoms with Crippen LogP contribution in [0.25, 0.3) is 5.57 Å². The second-order valence-corrected chi connectivity index (χ2v) is 6.75. The SMILES string of the molecule is Cc1cc(Cl)cc(C)c1C1=C(O)C2(CCOC(C)C2)NC1=O. The van der Waals surface area contributed by atoms with E-state index in [-0.39, 0.29) is 17.8 Å². The molecule has 1 amide bonds. The molecule has 2 aliphatic rings. The van der Waals surface area contributed by atoms with Gasteiger partial charge < -0.3 is 15.2 Å². The number of amides is 1. The average molecular weight is 322 g/mol. The maximum Gasteiger partial charge on any atom is 0.256 e. The van der Waals surface area contributed by atoms with Gasteiger partial charge in [0.1, 0.15) is 11.3 Å². The molecule has 0 bridgehead atoms. The number of halogens is 1. The smallest absolute Gasteiger partial charge is 0.256 e. The number of hydrogen-bond acceptors (Lipinski definition) is 3. The topological polar surface area (TPSA) is 58.6 Å². The summed E-state index contributed by atoms with van der Waals surface area (Å²) < 4.78 is 5.55. The first-order valence-electron chi connectivity index (χ1n) is 7.49. The van der Waals surface area contributed by atoms with Crippen molar-refractivity contribution < 1.29 is 14.6 Å². The van der Waals surface area contributed by atoms with Gasteiger partial charge in [0.05, 0.1) is 11.7 Å². The number of carbonyl (C=O) groups is 1. The van der Waals surface area contributed by atoms with Gasteiger partial charge in [0.25, 0.3) is 5.91 Å². The molecule has 1 aromatic carbocycles. The van der Waals surface area contributed by atoms with Crippen molar-refractivity contribution in [3.63, 3.8) is 0 Å². The van der Waals surface area contributed by atoms with Crippen molar-refractivity contribution in [2.45, 2.75) is 45.3 Å². The van der Waals surface area contributed by atoms with Crippen molar-refractivity contribution in [3.05, 3.63) is 39.6 Å². The van der Waals surface area contributed by atoms with Crippen LogP contribution in [0.15, 0.2) is 17.9 Å². The normalized spacial score (nSPS) is 28.4. The van der Waals surface area contributed by atoms with Crippen LogP contribution in [0.2, 0.25) is 5.02 Å². The fourth-order valence-corrected chi connectivity index (χ4v) is 3.96. The summed E-state index contributed by atoms with van der Waals surface area (Å²) in [6.07, 6.45) is 1.17. The number of carbonyl (C=O) groups excluding carboxylic acids is 1. The van der Waals surface area contributed by atoms with Gasteiger partial charge in [-0.25, -0.2) is 0 Å². The molecule has 2 N–H and O–H groups in total. The van der Waals surface area contributed by atoms with Crippen LogP contribution >= 0.6 is 11.6 Å². The van der Waals surface area contributed by atoms with E-state index in [1.807, 2.05) is 32.9 Å². The van der Waals surface area contributed by atoms with E-state index in [0.717, 1.165) is 16.7 Å². The Bertz CT molecular complexity index is 659. The third-order valence-corrected chi connectivity index (χ3v) is 4.80. The monoisotopic (exact) mass is 321 g/mol. The summed E-state index contributed by atoms with van der Waals surface area (Å²) in [5, 5.41) is 14.5. The Morgan fingerprint density at radius 1 is 1.36 bits per heavy atom. The lowest BCUT2D eigenvalue weighted by Gasteiger charge is -2.36. The maximum absolute atomic E-state index is 12.6. The molecule has 118 valence electrons. The van der Waals surface area contributed by atoms with Crippen molar-refractivity contribution >= 4 is 23.1 Å². The summed E-state index contributed by atoms with van der Waals surface area (Å²) >= 11 is 6.07. The number of nitrogens with one attached hydrogen (secondary N) is 1. The fraction of sp³-hybridized carbons (Fsp3) is 0.471. The summed E-state index contributed by atoms with van der Waals surface area (Å²) in [4.78, 5) is 12.6. The van der Waals surface area contributed by atoms with Crippen LogP contribution in [0.5, 0.6) is 0 Å². The first-order valence-corrected chi connectivity index (χ1v) is 7.87. The Balaban J connectivity index is 2.14. The molecule has 1 aromatic rings. The van der Waals surface area contributed by atoms with Crippen molar-refractivity contribution in [3.8, 4) is 0 Å². The zero-order chi connectivity index (χ0) is 16.1. The van der Waals surface area contributed by atoms with E-state index >= 15 is 0 Å². The van der Waals surface area contributed by atoms with Crippen molar-refractivity contribution in [2.24, 2.45) is 0 Å². The minimum absolute atomic E-state index is 0.00274. The Labute approximate surface area is 135 Å². The van der Waals surface area contributed by atoms with Crippen LogP contribution in [0.4, 0.5) is 0 Å². The van der Waals surface area contributed by atoms with Gasteiger partial charge in [0.15, 0.2) is 0 Å². The van der Waals surface area contributed by atoms with E-state index in [1.165, 1.54) is 0 Å². The summed E-state index contributed by atoms with van der Waals surface area (Å²) in [6, 6.07) is 3.63. The number of hydrogen-bond donors (Lipinski definition) is 2. The zero-order valence-corrected chi connectivity index (χ0v) is 13.8. The predicted octanol–water partition coefficient (Wildman–Crippen LogP) is 3.29. The zero-order valence-electron chi connectivity index (χ0n) is 13.0. The van der Waals surface area contributed by atoms with Crippen molar-refractivity contribution in [2.75, 3.05) is 6.61 Å². The third kappa shape index (κ3) is 2.31. The number of aliphatic hydroxyl groups is 1. The molecule has 0 aromatic heterocycles. The van der Waals surface area contributed by atoms with E-state index in [0.29, 0.717) is 30.0 Å². The standard InChI is InChI=1S/C17H20ClNO3/c1-9-6-12(18)7-10(2)13(9)14-15(20)17(19-16(14)21)4-5-22-11(3)8-17/h6-7,11,20H,4-5,8H2,1-3H3,(H,19,21). The van der Waals surface area contributed by atoms with Crippen molar-refractivity contribution in [1.29, 1.82) is 0 Å². The highest BCUT2D eigenvalue weighted by Crippen LogP contribution is 2.41. The fourth-order valence-electron chi connectivity index (χ4n) is 3.64. The molecular formula is C17H20ClNO3. The summed E-state index contributed by atoms with van der Waals surface area (Å²) in [7, 11) is 0. The van der Waals surface area contributed by atoms with E-state index in [1.54, 1.807) is 0 Å². The molecule has 1 saturated heterocycles. The third-order valence-electron chi connectivity index (χ3n) is 4.58. The molecule has 2 atom stereocenters. The second kappa shape index (κ2) is 5.28. The van der Waals surface area contributed by atoms with Crippen LogP contribution in [-0.4, -0.2) is 29.3 Å². The molecule has 2 heterocycles. The molecule has 3 rings (SSSR count). The number of aliphatic hydroxyl groups excluding tert-OH is 1. The van der Waals surface area contributed by atoms with E-state index in [4.69, 9.17) is 16.3 Å². The first-order chi connectivity index (χ1) is 10.3. The quantitative estimate of drug-likeness (QED) is 0.834. The van der Waals surface area contributed by atoms with Gasteiger partial charge in [0, 0.05) is 24.5 Å². The van der Waals surface area contributed by atoms with Crippen LogP contribution in [0, 0.1) is 13.8 Å². The molecule has 22 heavy (non-hydrogen) atoms. The molecular weight excluding hydrogens is 302 g/mol. The Morgan fingerprint density at radius 2 is 2.00 bits per heavy atom. The number of rotatable bonds is 1. The summed E-state index contributed by atoms with van der Waals surface area (Å²) in [5.74, 6) is -0.0821. The summed E-state index contributed by atoms with van der Waals surface area (Å²) in [6.45, 7) is 6.28. The van der Waals surface area contributed by atoms with Gasteiger partial charge in [0.2, 0.25) is 0 Å². The number of aryl methyl sites for hydroxylation is 2. The molecule has 1 fully saturated rings. The lowest BCUT2D eigenvalue weighted by molar-refractivity contribution is -0.117. The first kappa shape index (κ1) is 15.4. The number of benzene rings is 1. The van der Waals surface area contributed by atoms with E-state index in [2.05, 4.69) is 5.32 Å². The maximum atomic E-state index is 12.6. The largest absolute Gasteiger partial charge is 0.509 e. The van der Waals surface area contributed by atoms with Gasteiger partial charge in [-0.1, -0.05) is 11.6 Å². The van der Waals surface area contributed by atoms with Crippen molar-refractivity contribution in [1.82, 2.24) is 5.32 Å². The van der Waals surface area contributed by atoms with Gasteiger partial charge >= 0.3 is 0 Å². The van der Waals surface area contributed by atoms with Crippen LogP contribution in [0.1, 0.15) is 36.5 Å². The predicted molar refractivity (Wildman–Crippen MR) is 86.0 cm³/mol. The Hall–Kier alpha value is -1.52. The average Bonchev–Trinajstić information content (AvgIpc) is 2.62. The second-order valence-electron chi connectivity index (χ2n) is 6.31. The lowest BCUT2D eigenvalue weighted by atomic mass is 9.84. The highest BCUT2D eigenvalue weighted by Gasteiger charge is 2.48. The summed E-state index contributed by atoms with van der Waals surface area (Å²) in [5.41, 5.74) is 2.23. The molecule has 0 saturated carbocycles. The lowest BCUT2D eigenvalue weighted by Crippen LogP contribution is -2.50. The minimum Gasteiger partial charge on any atom is -0.509 e.